The second-order valence-corrected chi connectivity index (χ2v) is 11.4. The Morgan fingerprint density at radius 2 is 1.14 bits per heavy atom. The third-order valence-corrected chi connectivity index (χ3v) is 8.51. The number of fused-ring (bicyclic) bond motifs is 2. The molecule has 4 aromatic carbocycles. The van der Waals surface area contributed by atoms with Crippen molar-refractivity contribution >= 4 is 22.1 Å². The summed E-state index contributed by atoms with van der Waals surface area (Å²) in [5, 5.41) is 0. The van der Waals surface area contributed by atoms with Crippen LogP contribution in [-0.4, -0.2) is 19.9 Å². The van der Waals surface area contributed by atoms with Crippen LogP contribution in [0.4, 0.5) is 0 Å². The highest BCUT2D eigenvalue weighted by Crippen LogP contribution is 2.53. The Labute approximate surface area is 209 Å². The average Bonchev–Trinajstić information content (AvgIpc) is 3.55. The Morgan fingerprint density at radius 3 is 1.78 bits per heavy atom. The van der Waals surface area contributed by atoms with Crippen LogP contribution in [0.5, 0.6) is 0 Å². The topological polar surface area (TPSA) is 57.4 Å². The van der Waals surface area contributed by atoms with Gasteiger partial charge < -0.3 is 9.97 Å². The molecule has 36 heavy (non-hydrogen) atoms. The summed E-state index contributed by atoms with van der Waals surface area (Å²) < 4.78 is 0. The second kappa shape index (κ2) is 6.52. The lowest BCUT2D eigenvalue weighted by molar-refractivity contribution is 0.425. The van der Waals surface area contributed by atoms with E-state index < -0.39 is 0 Å². The van der Waals surface area contributed by atoms with E-state index in [1.807, 2.05) is 0 Å². The van der Waals surface area contributed by atoms with Crippen molar-refractivity contribution in [3.05, 3.63) is 95.6 Å². The van der Waals surface area contributed by atoms with Crippen LogP contribution in [0.15, 0.2) is 78.9 Å². The first-order valence-electron chi connectivity index (χ1n) is 12.6. The van der Waals surface area contributed by atoms with Crippen molar-refractivity contribution in [1.29, 1.82) is 0 Å². The van der Waals surface area contributed by atoms with Crippen LogP contribution >= 0.6 is 0 Å². The minimum Gasteiger partial charge on any atom is -0.338 e. The van der Waals surface area contributed by atoms with Crippen molar-refractivity contribution in [2.45, 2.75) is 38.0 Å². The summed E-state index contributed by atoms with van der Waals surface area (Å²) in [6, 6.07) is 28.8. The molecule has 0 spiro atoms. The molecule has 10 bridgehead atoms. The molecule has 1 atom stereocenters. The molecule has 2 aliphatic heterocycles. The molecular formula is C32H26N4. The van der Waals surface area contributed by atoms with Gasteiger partial charge in [0.15, 0.2) is 0 Å². The van der Waals surface area contributed by atoms with Gasteiger partial charge in [-0.15, -0.1) is 0 Å². The Bertz CT molecular complexity index is 1850. The van der Waals surface area contributed by atoms with Crippen molar-refractivity contribution in [3.63, 3.8) is 0 Å². The number of imidazole rings is 2. The molecule has 4 nitrogen and oxygen atoms in total. The molecule has 2 aromatic heterocycles. The maximum absolute atomic E-state index is 5.03. The summed E-state index contributed by atoms with van der Waals surface area (Å²) >= 11 is 0. The molecule has 4 heteroatoms. The van der Waals surface area contributed by atoms with Gasteiger partial charge in [0.1, 0.15) is 11.6 Å². The van der Waals surface area contributed by atoms with Crippen molar-refractivity contribution in [2.24, 2.45) is 0 Å². The number of H-pyrrole nitrogens is 2. The Morgan fingerprint density at radius 1 is 0.583 bits per heavy atom. The fraction of sp³-hybridized carbons (Fsp3) is 0.188. The molecule has 0 fully saturated rings. The number of nitrogens with one attached hydrogen (secondary N) is 2. The van der Waals surface area contributed by atoms with Gasteiger partial charge in [0, 0.05) is 16.5 Å². The quantitative estimate of drug-likeness (QED) is 0.240. The molecule has 1 unspecified atom stereocenters. The SMILES string of the molecule is CC1(C)CC2(C)c3ccc(cc3)-c3nc4cc(ccc4[nH]3)-c3ccc4[nH]c(nc4c3)-c3ccc1c2c3. The molecule has 2 N–H and O–H groups in total. The van der Waals surface area contributed by atoms with E-state index in [9.17, 15) is 0 Å². The number of aromatic nitrogens is 4. The van der Waals surface area contributed by atoms with Crippen LogP contribution in [-0.2, 0) is 10.8 Å². The smallest absolute Gasteiger partial charge is 0.138 e. The highest BCUT2D eigenvalue weighted by molar-refractivity contribution is 5.88. The molecule has 0 saturated heterocycles. The van der Waals surface area contributed by atoms with E-state index in [1.54, 1.807) is 0 Å². The number of hydrogen-bond donors (Lipinski definition) is 2. The number of benzene rings is 4. The summed E-state index contributed by atoms with van der Waals surface area (Å²) in [4.78, 5) is 17.1. The lowest BCUT2D eigenvalue weighted by Gasteiger charge is -2.28. The normalized spacial score (nSPS) is 19.2. The molecule has 3 aliphatic rings. The highest BCUT2D eigenvalue weighted by atomic mass is 14.9. The third-order valence-electron chi connectivity index (χ3n) is 8.51. The van der Waals surface area contributed by atoms with Gasteiger partial charge in [-0.1, -0.05) is 69.3 Å². The van der Waals surface area contributed by atoms with Crippen LogP contribution in [0, 0.1) is 0 Å². The maximum atomic E-state index is 5.03. The third kappa shape index (κ3) is 2.64. The lowest BCUT2D eigenvalue weighted by Crippen LogP contribution is -2.23. The molecule has 0 radical (unpaired) electrons. The number of hydrogen-bond acceptors (Lipinski definition) is 2. The van der Waals surface area contributed by atoms with Gasteiger partial charge in [-0.25, -0.2) is 9.97 Å². The zero-order valence-electron chi connectivity index (χ0n) is 20.6. The minimum absolute atomic E-state index is 0.0826. The molecular weight excluding hydrogens is 440 g/mol. The van der Waals surface area contributed by atoms with Gasteiger partial charge in [-0.2, -0.15) is 0 Å². The monoisotopic (exact) mass is 466 g/mol. The summed E-state index contributed by atoms with van der Waals surface area (Å²) in [6.45, 7) is 7.13. The van der Waals surface area contributed by atoms with Crippen molar-refractivity contribution < 1.29 is 0 Å². The van der Waals surface area contributed by atoms with E-state index in [0.29, 0.717) is 0 Å². The van der Waals surface area contributed by atoms with E-state index in [2.05, 4.69) is 110 Å². The van der Waals surface area contributed by atoms with Crippen LogP contribution < -0.4 is 0 Å². The van der Waals surface area contributed by atoms with Gasteiger partial charge >= 0.3 is 0 Å². The molecule has 0 saturated carbocycles. The molecule has 4 heterocycles. The summed E-state index contributed by atoms with van der Waals surface area (Å²) in [5.74, 6) is 1.82. The number of rotatable bonds is 0. The van der Waals surface area contributed by atoms with Crippen molar-refractivity contribution in [2.75, 3.05) is 0 Å². The molecule has 0 amide bonds. The van der Waals surface area contributed by atoms with E-state index >= 15 is 0 Å². The van der Waals surface area contributed by atoms with Gasteiger partial charge in [-0.05, 0) is 70.0 Å². The van der Waals surface area contributed by atoms with E-state index in [4.69, 9.17) is 9.97 Å². The first-order chi connectivity index (χ1) is 17.4. The number of aromatic amines is 2. The zero-order chi connectivity index (χ0) is 24.2. The van der Waals surface area contributed by atoms with Crippen LogP contribution in [0.2, 0.25) is 0 Å². The summed E-state index contributed by atoms with van der Waals surface area (Å²) in [6.07, 6.45) is 1.06. The standard InChI is InChI=1S/C32H26N4/c1-31(2)17-32(3)22-9-4-18(5-10-22)29-33-25-12-7-19(15-27(25)35-29)20-8-13-26-28(16-20)36-30(34-26)21-6-11-23(31)24(32)14-21/h4-16H,17H2,1-3H3,(H,33,35)(H,34,36). The number of nitrogens with zero attached hydrogens (tertiary/aromatic N) is 2. The Kier molecular flexibility index (Phi) is 3.63. The lowest BCUT2D eigenvalue weighted by atomic mass is 9.75. The van der Waals surface area contributed by atoms with E-state index in [-0.39, 0.29) is 10.8 Å². The molecule has 174 valence electrons. The van der Waals surface area contributed by atoms with Crippen molar-refractivity contribution in [3.8, 4) is 33.9 Å². The Balaban J connectivity index is 1.45. The largest absolute Gasteiger partial charge is 0.338 e. The fourth-order valence-electron chi connectivity index (χ4n) is 6.71. The predicted octanol–water partition coefficient (Wildman–Crippen LogP) is 7.74. The maximum Gasteiger partial charge on any atom is 0.138 e. The summed E-state index contributed by atoms with van der Waals surface area (Å²) in [5.41, 5.74) is 12.7. The fourth-order valence-corrected chi connectivity index (χ4v) is 6.71. The first kappa shape index (κ1) is 20.1. The predicted molar refractivity (Wildman–Crippen MR) is 146 cm³/mol. The first-order valence-corrected chi connectivity index (χ1v) is 12.6. The molecule has 1 aliphatic carbocycles. The van der Waals surface area contributed by atoms with E-state index in [1.165, 1.54) is 16.7 Å². The van der Waals surface area contributed by atoms with Gasteiger partial charge in [-0.3, -0.25) is 0 Å². The van der Waals surface area contributed by atoms with Crippen molar-refractivity contribution in [1.82, 2.24) is 19.9 Å². The molecule has 9 rings (SSSR count). The highest BCUT2D eigenvalue weighted by Gasteiger charge is 2.45. The van der Waals surface area contributed by atoms with Crippen LogP contribution in [0.3, 0.4) is 0 Å². The van der Waals surface area contributed by atoms with Crippen LogP contribution in [0.1, 0.15) is 43.9 Å². The van der Waals surface area contributed by atoms with Gasteiger partial charge in [0.05, 0.1) is 22.1 Å². The van der Waals surface area contributed by atoms with Gasteiger partial charge in [0.25, 0.3) is 0 Å². The zero-order valence-corrected chi connectivity index (χ0v) is 20.6. The Hall–Kier alpha value is -4.18. The summed E-state index contributed by atoms with van der Waals surface area (Å²) in [7, 11) is 0. The molecule has 6 aromatic rings. The second-order valence-electron chi connectivity index (χ2n) is 11.4. The average molecular weight is 467 g/mol. The van der Waals surface area contributed by atoms with E-state index in [0.717, 1.165) is 62.4 Å². The van der Waals surface area contributed by atoms with Gasteiger partial charge in [0.2, 0.25) is 0 Å². The van der Waals surface area contributed by atoms with Crippen LogP contribution in [0.25, 0.3) is 56.0 Å². The minimum atomic E-state index is -0.0826.